The van der Waals surface area contributed by atoms with Crippen LogP contribution >= 0.6 is 11.3 Å². The fraction of sp³-hybridized carbons (Fsp3) is 0.458. The maximum atomic E-state index is 12.8. The molecule has 9 nitrogen and oxygen atoms in total. The van der Waals surface area contributed by atoms with E-state index in [0.29, 0.717) is 42.5 Å². The number of thiazole rings is 1. The summed E-state index contributed by atoms with van der Waals surface area (Å²) in [5, 5.41) is 24.8. The second-order valence-electron chi connectivity index (χ2n) is 9.16. The maximum absolute atomic E-state index is 12.8. The minimum Gasteiger partial charge on any atom is -0.383 e. The zero-order chi connectivity index (χ0) is 27.4. The Bertz CT molecular complexity index is 1180. The molecule has 2 aromatic rings. The van der Waals surface area contributed by atoms with Crippen LogP contribution in [-0.2, 0) is 16.6 Å². The first-order chi connectivity index (χ1) is 17.3. The molecule has 1 aliphatic rings. The van der Waals surface area contributed by atoms with Crippen molar-refractivity contribution in [2.24, 2.45) is 11.7 Å². The van der Waals surface area contributed by atoms with Crippen LogP contribution in [0.15, 0.2) is 30.5 Å². The molecule has 0 spiro atoms. The van der Waals surface area contributed by atoms with E-state index in [1.54, 1.807) is 6.92 Å². The van der Waals surface area contributed by atoms with Crippen LogP contribution < -0.4 is 16.4 Å². The van der Waals surface area contributed by atoms with Gasteiger partial charge in [0, 0.05) is 23.7 Å². The number of aromatic nitrogens is 1. The number of rotatable bonds is 9. The average Bonchev–Trinajstić information content (AvgIpc) is 3.34. The molecule has 3 rings (SSSR count). The zero-order valence-corrected chi connectivity index (χ0v) is 20.8. The molecule has 3 amide bonds. The highest BCUT2D eigenvalue weighted by molar-refractivity contribution is 7.13. The Balaban J connectivity index is 1.43. The Labute approximate surface area is 215 Å². The van der Waals surface area contributed by atoms with Crippen molar-refractivity contribution < 1.29 is 32.7 Å². The Morgan fingerprint density at radius 3 is 2.57 bits per heavy atom. The largest absolute Gasteiger partial charge is 0.416 e. The molecule has 1 aromatic carbocycles. The van der Waals surface area contributed by atoms with E-state index in [1.807, 2.05) is 0 Å². The molecule has 1 aliphatic carbocycles. The lowest BCUT2D eigenvalue weighted by Crippen LogP contribution is -2.42. The van der Waals surface area contributed by atoms with Gasteiger partial charge in [-0.15, -0.1) is 11.3 Å². The Hall–Kier alpha value is -3.32. The fourth-order valence-corrected chi connectivity index (χ4v) is 5.15. The predicted octanol–water partition coefficient (Wildman–Crippen LogP) is 2.98. The summed E-state index contributed by atoms with van der Waals surface area (Å²) in [7, 11) is 0. The van der Waals surface area contributed by atoms with Crippen LogP contribution in [0.2, 0.25) is 0 Å². The molecule has 1 fully saturated rings. The second-order valence-corrected chi connectivity index (χ2v) is 10.2. The monoisotopic (exact) mass is 539 g/mol. The van der Waals surface area contributed by atoms with E-state index in [9.17, 15) is 32.7 Å². The summed E-state index contributed by atoms with van der Waals surface area (Å²) >= 11 is 1.06. The minimum absolute atomic E-state index is 0.0872. The highest BCUT2D eigenvalue weighted by Crippen LogP contribution is 2.41. The number of alkyl halides is 3. The minimum atomic E-state index is -4.58. The van der Waals surface area contributed by atoms with E-state index in [1.165, 1.54) is 12.3 Å². The van der Waals surface area contributed by atoms with Gasteiger partial charge in [0.15, 0.2) is 0 Å². The molecule has 200 valence electrons. The predicted molar refractivity (Wildman–Crippen MR) is 130 cm³/mol. The number of benzene rings is 1. The molecule has 37 heavy (non-hydrogen) atoms. The van der Waals surface area contributed by atoms with Gasteiger partial charge in [0.25, 0.3) is 11.8 Å². The van der Waals surface area contributed by atoms with Crippen molar-refractivity contribution in [2.45, 2.75) is 56.8 Å². The van der Waals surface area contributed by atoms with Crippen LogP contribution in [0.4, 0.5) is 13.2 Å². The van der Waals surface area contributed by atoms with Gasteiger partial charge < -0.3 is 26.9 Å². The molecular weight excluding hydrogens is 511 g/mol. The number of primary amides is 1. The molecular formula is C24H28F3N5O4S. The number of halogens is 3. The molecule has 0 bridgehead atoms. The Morgan fingerprint density at radius 1 is 1.30 bits per heavy atom. The molecule has 0 radical (unpaired) electrons. The first-order valence-electron chi connectivity index (χ1n) is 11.6. The summed E-state index contributed by atoms with van der Waals surface area (Å²) in [5.41, 5.74) is 3.33. The molecule has 0 unspecified atom stereocenters. The maximum Gasteiger partial charge on any atom is 0.416 e. The summed E-state index contributed by atoms with van der Waals surface area (Å²) < 4.78 is 38.5. The standard InChI is InChI=1S/C24H28F3N5O4S/c1-13(32-19(33)12-30-21(35)15-3-2-4-16(10-15)24(25,26)27)9-17(28)14-5-7-23(36,8-6-14)22-31-11-18(37-22)20(29)34/h2-4,10-11,13-14,28,36H,5-9,12H2,1H3,(H2,29,34)(H,30,35)(H,32,33)/t13-,14?,23?/m1/s1. The van der Waals surface area contributed by atoms with Crippen molar-refractivity contribution in [3.8, 4) is 0 Å². The highest BCUT2D eigenvalue weighted by Gasteiger charge is 2.38. The van der Waals surface area contributed by atoms with Crippen LogP contribution in [0.1, 0.15) is 69.6 Å². The molecule has 0 aliphatic heterocycles. The normalized spacial score (nSPS) is 20.6. The lowest BCUT2D eigenvalue weighted by Gasteiger charge is -2.35. The third-order valence-electron chi connectivity index (χ3n) is 6.25. The third-order valence-corrected chi connectivity index (χ3v) is 7.45. The summed E-state index contributed by atoms with van der Waals surface area (Å²) in [6.45, 7) is 1.28. The molecule has 1 saturated carbocycles. The van der Waals surface area contributed by atoms with E-state index in [4.69, 9.17) is 11.1 Å². The Kier molecular flexibility index (Phi) is 8.69. The second kappa shape index (κ2) is 11.4. The number of hydrogen-bond acceptors (Lipinski definition) is 7. The van der Waals surface area contributed by atoms with E-state index in [2.05, 4.69) is 15.6 Å². The number of amides is 3. The van der Waals surface area contributed by atoms with Crippen molar-refractivity contribution in [2.75, 3.05) is 6.54 Å². The number of nitrogens with one attached hydrogen (secondary N) is 3. The first-order valence-corrected chi connectivity index (χ1v) is 12.4. The van der Waals surface area contributed by atoms with Crippen molar-refractivity contribution >= 4 is 34.8 Å². The van der Waals surface area contributed by atoms with Gasteiger partial charge in [0.1, 0.15) is 15.5 Å². The van der Waals surface area contributed by atoms with Gasteiger partial charge in [0.2, 0.25) is 5.91 Å². The van der Waals surface area contributed by atoms with Crippen LogP contribution in [0.5, 0.6) is 0 Å². The van der Waals surface area contributed by atoms with Crippen LogP contribution in [0.3, 0.4) is 0 Å². The van der Waals surface area contributed by atoms with Crippen LogP contribution in [0.25, 0.3) is 0 Å². The summed E-state index contributed by atoms with van der Waals surface area (Å²) in [6.07, 6.45) is -1.16. The smallest absolute Gasteiger partial charge is 0.383 e. The number of aliphatic hydroxyl groups is 1. The van der Waals surface area contributed by atoms with Gasteiger partial charge in [0.05, 0.1) is 18.3 Å². The lowest BCUT2D eigenvalue weighted by atomic mass is 9.76. The van der Waals surface area contributed by atoms with E-state index < -0.39 is 47.6 Å². The molecule has 1 atom stereocenters. The third kappa shape index (κ3) is 7.35. The van der Waals surface area contributed by atoms with Crippen LogP contribution in [0, 0.1) is 11.3 Å². The van der Waals surface area contributed by atoms with Gasteiger partial charge in [-0.3, -0.25) is 14.4 Å². The quantitative estimate of drug-likeness (QED) is 0.310. The summed E-state index contributed by atoms with van der Waals surface area (Å²) in [4.78, 5) is 40.1. The lowest BCUT2D eigenvalue weighted by molar-refractivity contribution is -0.137. The molecule has 1 heterocycles. The molecule has 6 N–H and O–H groups in total. The highest BCUT2D eigenvalue weighted by atomic mass is 32.1. The van der Waals surface area contributed by atoms with Gasteiger partial charge >= 0.3 is 6.18 Å². The number of carbonyl (C=O) groups excluding carboxylic acids is 3. The van der Waals surface area contributed by atoms with E-state index >= 15 is 0 Å². The zero-order valence-electron chi connectivity index (χ0n) is 20.0. The fourth-order valence-electron chi connectivity index (χ4n) is 4.23. The van der Waals surface area contributed by atoms with Crippen molar-refractivity contribution in [3.05, 3.63) is 51.5 Å². The van der Waals surface area contributed by atoms with Gasteiger partial charge in [-0.2, -0.15) is 13.2 Å². The number of nitrogens with zero attached hydrogens (tertiary/aromatic N) is 1. The van der Waals surface area contributed by atoms with Gasteiger partial charge in [-0.1, -0.05) is 6.07 Å². The molecule has 13 heteroatoms. The summed E-state index contributed by atoms with van der Waals surface area (Å²) in [5.74, 6) is -2.03. The van der Waals surface area contributed by atoms with Crippen molar-refractivity contribution in [1.29, 1.82) is 5.41 Å². The topological polar surface area (TPSA) is 158 Å². The van der Waals surface area contributed by atoms with Crippen molar-refractivity contribution in [1.82, 2.24) is 15.6 Å². The van der Waals surface area contributed by atoms with Crippen molar-refractivity contribution in [3.63, 3.8) is 0 Å². The number of nitrogens with two attached hydrogens (primary N) is 1. The summed E-state index contributed by atoms with van der Waals surface area (Å²) in [6, 6.07) is 3.50. The van der Waals surface area contributed by atoms with E-state index in [-0.39, 0.29) is 22.8 Å². The van der Waals surface area contributed by atoms with Gasteiger partial charge in [-0.25, -0.2) is 4.98 Å². The van der Waals surface area contributed by atoms with Crippen LogP contribution in [-0.4, -0.2) is 46.1 Å². The van der Waals surface area contributed by atoms with E-state index in [0.717, 1.165) is 23.5 Å². The van der Waals surface area contributed by atoms with Gasteiger partial charge in [-0.05, 0) is 56.7 Å². The SMILES string of the molecule is C[C@H](CC(=N)C1CCC(O)(c2ncc(C(N)=O)s2)CC1)NC(=O)CNC(=O)c1cccc(C(F)(F)F)c1. The number of carbonyl (C=O) groups is 3. The average molecular weight is 540 g/mol. The Morgan fingerprint density at radius 2 is 1.97 bits per heavy atom. The number of hydrogen-bond donors (Lipinski definition) is 5. The first kappa shape index (κ1) is 28.3. The molecule has 1 aromatic heterocycles. The molecule has 0 saturated heterocycles.